The van der Waals surface area contributed by atoms with Gasteiger partial charge in [-0.05, 0) is 13.8 Å². The van der Waals surface area contributed by atoms with E-state index in [9.17, 15) is 24.8 Å². The molecule has 1 heterocycles. The summed E-state index contributed by atoms with van der Waals surface area (Å²) in [6.07, 6.45) is 0. The Kier molecular flexibility index (Phi) is 3.97. The van der Waals surface area contributed by atoms with Gasteiger partial charge in [-0.1, -0.05) is 0 Å². The van der Waals surface area contributed by atoms with Crippen molar-refractivity contribution in [2.24, 2.45) is 0 Å². The largest absolute Gasteiger partial charge is 0.560 e. The minimum atomic E-state index is -1.31. The van der Waals surface area contributed by atoms with Gasteiger partial charge >= 0.3 is 29.1 Å². The van der Waals surface area contributed by atoms with Gasteiger partial charge in [0, 0.05) is 0 Å². The Morgan fingerprint density at radius 1 is 1.00 bits per heavy atom. The number of hydrogen-bond donors (Lipinski definition) is 0. The summed E-state index contributed by atoms with van der Waals surface area (Å²) in [7, 11) is 0. The standard InChI is InChI=1S/C9H10N2O7/c1-3-17-8(13)5-7(12)6(9(14)18-4-2)11(16)10(5)15/h3-4H2,1-2H3. The first-order chi connectivity index (χ1) is 8.45. The highest BCUT2D eigenvalue weighted by Gasteiger charge is 2.54. The maximum atomic E-state index is 11.6. The Hall–Kier alpha value is -2.45. The van der Waals surface area contributed by atoms with Crippen molar-refractivity contribution in [1.29, 1.82) is 0 Å². The van der Waals surface area contributed by atoms with Crippen LogP contribution >= 0.6 is 0 Å². The topological polar surface area (TPSA) is 122 Å². The van der Waals surface area contributed by atoms with E-state index in [0.717, 1.165) is 0 Å². The van der Waals surface area contributed by atoms with Gasteiger partial charge in [-0.3, -0.25) is 4.79 Å². The normalized spacial score (nSPS) is 15.1. The smallest absolute Gasteiger partial charge is 0.426 e. The molecule has 1 aliphatic heterocycles. The summed E-state index contributed by atoms with van der Waals surface area (Å²) >= 11 is 0. The van der Waals surface area contributed by atoms with Crippen molar-refractivity contribution in [2.75, 3.05) is 13.2 Å². The van der Waals surface area contributed by atoms with Gasteiger partial charge in [0.25, 0.3) is 0 Å². The van der Waals surface area contributed by atoms with Crippen LogP contribution in [0.25, 0.3) is 0 Å². The van der Waals surface area contributed by atoms with Crippen molar-refractivity contribution < 1.29 is 33.6 Å². The van der Waals surface area contributed by atoms with Gasteiger partial charge in [-0.15, -0.1) is 0 Å². The van der Waals surface area contributed by atoms with E-state index in [1.807, 2.05) is 0 Å². The van der Waals surface area contributed by atoms with Crippen LogP contribution in [0.3, 0.4) is 0 Å². The van der Waals surface area contributed by atoms with E-state index < -0.39 is 38.8 Å². The van der Waals surface area contributed by atoms with Crippen LogP contribution in [0.5, 0.6) is 0 Å². The molecule has 0 aromatic rings. The zero-order valence-electron chi connectivity index (χ0n) is 9.67. The van der Waals surface area contributed by atoms with Gasteiger partial charge in [-0.2, -0.15) is 0 Å². The Morgan fingerprint density at radius 2 is 1.33 bits per heavy atom. The van der Waals surface area contributed by atoms with Gasteiger partial charge in [0.05, 0.1) is 22.9 Å². The van der Waals surface area contributed by atoms with Crippen LogP contribution in [0.2, 0.25) is 0 Å². The molecule has 0 radical (unpaired) electrons. The van der Waals surface area contributed by atoms with Crippen molar-refractivity contribution in [2.45, 2.75) is 13.8 Å². The van der Waals surface area contributed by atoms with E-state index in [1.165, 1.54) is 13.8 Å². The molecule has 0 saturated carbocycles. The first kappa shape index (κ1) is 13.6. The maximum Gasteiger partial charge on any atom is 0.426 e. The quantitative estimate of drug-likeness (QED) is 0.342. The van der Waals surface area contributed by atoms with Crippen LogP contribution in [0.1, 0.15) is 13.8 Å². The van der Waals surface area contributed by atoms with E-state index >= 15 is 0 Å². The van der Waals surface area contributed by atoms with Gasteiger partial charge in [0.1, 0.15) is 0 Å². The summed E-state index contributed by atoms with van der Waals surface area (Å²) in [4.78, 5) is 33.1. The molecule has 1 aliphatic rings. The predicted molar refractivity (Wildman–Crippen MR) is 55.5 cm³/mol. The molecule has 0 N–H and O–H groups in total. The second kappa shape index (κ2) is 5.25. The fourth-order valence-electron chi connectivity index (χ4n) is 1.21. The van der Waals surface area contributed by atoms with E-state index in [1.54, 1.807) is 0 Å². The zero-order chi connectivity index (χ0) is 13.9. The van der Waals surface area contributed by atoms with Crippen molar-refractivity contribution in [3.63, 3.8) is 0 Å². The summed E-state index contributed by atoms with van der Waals surface area (Å²) in [5, 5.41) is 22.6. The van der Waals surface area contributed by atoms with Crippen LogP contribution in [0.15, 0.2) is 0 Å². The van der Waals surface area contributed by atoms with Crippen LogP contribution < -0.4 is 0 Å². The summed E-state index contributed by atoms with van der Waals surface area (Å²) in [6, 6.07) is 0. The molecule has 18 heavy (non-hydrogen) atoms. The zero-order valence-corrected chi connectivity index (χ0v) is 9.67. The molecule has 0 fully saturated rings. The number of Topliss-reactive ketones (excluding diaryl/α,β-unsaturated/α-hetero) is 1. The monoisotopic (exact) mass is 258 g/mol. The number of hydrazone groups is 2. The average molecular weight is 258 g/mol. The minimum Gasteiger partial charge on any atom is -0.560 e. The molecule has 0 aliphatic carbocycles. The molecule has 98 valence electrons. The first-order valence-corrected chi connectivity index (χ1v) is 5.02. The molecule has 0 saturated heterocycles. The van der Waals surface area contributed by atoms with E-state index in [2.05, 4.69) is 9.47 Å². The average Bonchev–Trinajstić information content (AvgIpc) is 2.51. The first-order valence-electron chi connectivity index (χ1n) is 5.02. The fourth-order valence-corrected chi connectivity index (χ4v) is 1.21. The molecule has 0 unspecified atom stereocenters. The molecule has 9 nitrogen and oxygen atoms in total. The Balaban J connectivity index is 3.08. The van der Waals surface area contributed by atoms with Gasteiger partial charge < -0.3 is 19.9 Å². The molecule has 0 bridgehead atoms. The highest BCUT2D eigenvalue weighted by Crippen LogP contribution is 2.02. The van der Waals surface area contributed by atoms with Crippen LogP contribution in [-0.2, 0) is 23.9 Å². The number of hydrogen-bond acceptors (Lipinski definition) is 7. The molecule has 0 atom stereocenters. The van der Waals surface area contributed by atoms with E-state index in [-0.39, 0.29) is 13.2 Å². The highest BCUT2D eigenvalue weighted by molar-refractivity contribution is 6.86. The lowest BCUT2D eigenvalue weighted by molar-refractivity contribution is -1.05. The number of carbonyl (C=O) groups is 3. The van der Waals surface area contributed by atoms with Crippen molar-refractivity contribution in [1.82, 2.24) is 0 Å². The molecule has 1 rings (SSSR count). The number of carbonyl (C=O) groups excluding carboxylic acids is 3. The van der Waals surface area contributed by atoms with Gasteiger partial charge in [-0.25, -0.2) is 9.59 Å². The molecule has 0 spiro atoms. The molecular weight excluding hydrogens is 248 g/mol. The van der Waals surface area contributed by atoms with Crippen LogP contribution in [0, 0.1) is 10.4 Å². The van der Waals surface area contributed by atoms with E-state index in [4.69, 9.17) is 0 Å². The van der Waals surface area contributed by atoms with Gasteiger partial charge in [0.2, 0.25) is 0 Å². The number of nitrogens with zero attached hydrogens (tertiary/aromatic N) is 2. The third kappa shape index (κ3) is 2.14. The molecule has 0 aromatic carbocycles. The lowest BCUT2D eigenvalue weighted by atomic mass is 10.1. The summed E-state index contributed by atoms with van der Waals surface area (Å²) in [5.74, 6) is -3.84. The van der Waals surface area contributed by atoms with Crippen molar-refractivity contribution in [3.05, 3.63) is 10.4 Å². The lowest BCUT2D eigenvalue weighted by Crippen LogP contribution is -2.35. The number of rotatable bonds is 4. The summed E-state index contributed by atoms with van der Waals surface area (Å²) in [5.41, 5.74) is -2.12. The number of hydrazine groups is 1. The molecule has 9 heteroatoms. The highest BCUT2D eigenvalue weighted by atomic mass is 16.7. The maximum absolute atomic E-state index is 11.6. The minimum absolute atomic E-state index is 0.0863. The van der Waals surface area contributed by atoms with Crippen LogP contribution in [0.4, 0.5) is 0 Å². The van der Waals surface area contributed by atoms with Crippen molar-refractivity contribution >= 4 is 29.1 Å². The fraction of sp³-hybridized carbons (Fsp3) is 0.444. The summed E-state index contributed by atoms with van der Waals surface area (Å²) < 4.78 is 8.87. The third-order valence-electron chi connectivity index (χ3n) is 1.92. The second-order valence-corrected chi connectivity index (χ2v) is 3.01. The molecular formula is C9H10N2O7. The van der Waals surface area contributed by atoms with E-state index in [0.29, 0.717) is 0 Å². The number of ketones is 1. The number of ether oxygens (including phenoxy) is 2. The molecule has 0 amide bonds. The molecule has 0 aromatic heterocycles. The Morgan fingerprint density at radius 3 is 1.61 bits per heavy atom. The second-order valence-electron chi connectivity index (χ2n) is 3.01. The Labute approximate surface area is 101 Å². The number of esters is 2. The summed E-state index contributed by atoms with van der Waals surface area (Å²) in [6.45, 7) is 2.74. The Bertz CT molecular complexity index is 435. The van der Waals surface area contributed by atoms with Crippen molar-refractivity contribution in [3.8, 4) is 0 Å². The third-order valence-corrected chi connectivity index (χ3v) is 1.92. The predicted octanol–water partition coefficient (Wildman–Crippen LogP) is -1.49. The SMILES string of the molecule is CCOC(=O)C1=[N+]([O-])[N+]([O-])=C(C(=O)OCC)C1=O. The van der Waals surface area contributed by atoms with Crippen LogP contribution in [-0.4, -0.2) is 52.1 Å². The lowest BCUT2D eigenvalue weighted by Gasteiger charge is -1.98. The van der Waals surface area contributed by atoms with Gasteiger partial charge in [0.15, 0.2) is 0 Å².